The Labute approximate surface area is 180 Å². The summed E-state index contributed by atoms with van der Waals surface area (Å²) in [7, 11) is -4.33. The van der Waals surface area contributed by atoms with Gasteiger partial charge in [-0.3, -0.25) is 4.55 Å². The lowest BCUT2D eigenvalue weighted by Gasteiger charge is -2.40. The van der Waals surface area contributed by atoms with Gasteiger partial charge in [-0.25, -0.2) is 4.79 Å². The Bertz CT molecular complexity index is 856. The fourth-order valence-corrected chi connectivity index (χ4v) is 4.10. The lowest BCUT2D eigenvalue weighted by atomic mass is 9.79. The predicted octanol–water partition coefficient (Wildman–Crippen LogP) is 5.27. The Morgan fingerprint density at radius 2 is 1.71 bits per heavy atom. The minimum atomic E-state index is -4.68. The summed E-state index contributed by atoms with van der Waals surface area (Å²) in [6, 6.07) is 2.73. The Morgan fingerprint density at radius 1 is 1.13 bits per heavy atom. The highest BCUT2D eigenvalue weighted by molar-refractivity contribution is 7.85. The Morgan fingerprint density at radius 3 is 2.23 bits per heavy atom. The minimum Gasteiger partial charge on any atom is -0.486 e. The van der Waals surface area contributed by atoms with E-state index in [1.807, 2.05) is 13.8 Å². The van der Waals surface area contributed by atoms with Gasteiger partial charge in [0, 0.05) is 0 Å². The molecule has 1 fully saturated rings. The molecule has 0 amide bonds. The molecule has 0 bridgehead atoms. The number of carbonyl (C=O) groups is 1. The molecule has 1 aromatic rings. The van der Waals surface area contributed by atoms with Gasteiger partial charge in [0.15, 0.2) is 0 Å². The van der Waals surface area contributed by atoms with Crippen LogP contribution in [-0.2, 0) is 21.0 Å². The van der Waals surface area contributed by atoms with E-state index in [-0.39, 0.29) is 11.5 Å². The van der Waals surface area contributed by atoms with Crippen LogP contribution in [0, 0.1) is 5.92 Å². The van der Waals surface area contributed by atoms with Crippen molar-refractivity contribution in [2.24, 2.45) is 5.92 Å². The van der Waals surface area contributed by atoms with Gasteiger partial charge >= 0.3 is 12.1 Å². The second-order valence-electron chi connectivity index (χ2n) is 8.22. The highest BCUT2D eigenvalue weighted by Crippen LogP contribution is 2.42. The molecule has 0 unspecified atom stereocenters. The van der Waals surface area contributed by atoms with Gasteiger partial charge in [-0.1, -0.05) is 33.1 Å². The number of benzene rings is 1. The van der Waals surface area contributed by atoms with Crippen LogP contribution in [0.2, 0.25) is 0 Å². The molecule has 1 aliphatic rings. The fraction of sp³-hybridized carbons (Fsp3) is 0.667. The molecule has 6 nitrogen and oxygen atoms in total. The maximum Gasteiger partial charge on any atom is 0.419 e. The quantitative estimate of drug-likeness (QED) is 0.435. The highest BCUT2D eigenvalue weighted by atomic mass is 32.2. The average Bonchev–Trinajstić information content (AvgIpc) is 2.61. The maximum atomic E-state index is 13.6. The molecule has 0 aromatic heterocycles. The van der Waals surface area contributed by atoms with E-state index in [0.717, 1.165) is 50.3 Å². The van der Waals surface area contributed by atoms with Gasteiger partial charge in [0.1, 0.15) is 23.7 Å². The standard InChI is InChI=1S/C21H29F3O6S/c1-15(2)20(10-6-4-3-5-7-11-20)30-18-14-16(8-9-17(18)21(22,23)24)19(25)29-12-13-31(26,27)28/h8-9,14-15H,3-7,10-13H2,1-2H3,(H,26,27,28). The number of esters is 1. The molecular formula is C21H29F3O6S. The first kappa shape index (κ1) is 25.5. The van der Waals surface area contributed by atoms with Crippen molar-refractivity contribution in [3.05, 3.63) is 29.3 Å². The number of halogens is 3. The van der Waals surface area contributed by atoms with Crippen LogP contribution in [0.4, 0.5) is 13.2 Å². The Kier molecular flexibility index (Phi) is 8.38. The van der Waals surface area contributed by atoms with Gasteiger partial charge in [0.2, 0.25) is 0 Å². The normalized spacial score (nSPS) is 17.6. The molecule has 0 saturated heterocycles. The lowest BCUT2D eigenvalue weighted by Crippen LogP contribution is -2.42. The van der Waals surface area contributed by atoms with Crippen molar-refractivity contribution in [1.82, 2.24) is 0 Å². The van der Waals surface area contributed by atoms with E-state index in [1.165, 1.54) is 0 Å². The summed E-state index contributed by atoms with van der Waals surface area (Å²) in [5, 5.41) is 0. The molecule has 0 heterocycles. The number of rotatable bonds is 7. The van der Waals surface area contributed by atoms with E-state index < -0.39 is 51.5 Å². The largest absolute Gasteiger partial charge is 0.486 e. The second-order valence-corrected chi connectivity index (χ2v) is 9.79. The van der Waals surface area contributed by atoms with Gasteiger partial charge in [-0.2, -0.15) is 21.6 Å². The second kappa shape index (κ2) is 10.2. The van der Waals surface area contributed by atoms with Crippen LogP contribution >= 0.6 is 0 Å². The molecule has 2 rings (SSSR count). The molecular weight excluding hydrogens is 437 g/mol. The van der Waals surface area contributed by atoms with Gasteiger partial charge in [-0.05, 0) is 49.8 Å². The number of ether oxygens (including phenoxy) is 2. The number of hydrogen-bond donors (Lipinski definition) is 1. The summed E-state index contributed by atoms with van der Waals surface area (Å²) >= 11 is 0. The maximum absolute atomic E-state index is 13.6. The molecule has 31 heavy (non-hydrogen) atoms. The van der Waals surface area contributed by atoms with E-state index in [0.29, 0.717) is 12.8 Å². The van der Waals surface area contributed by atoms with Crippen LogP contribution in [0.1, 0.15) is 74.7 Å². The zero-order valence-corrected chi connectivity index (χ0v) is 18.5. The van der Waals surface area contributed by atoms with Gasteiger partial charge in [0.25, 0.3) is 10.1 Å². The van der Waals surface area contributed by atoms with E-state index in [9.17, 15) is 26.4 Å². The van der Waals surface area contributed by atoms with E-state index in [4.69, 9.17) is 14.0 Å². The smallest absolute Gasteiger partial charge is 0.419 e. The zero-order chi connectivity index (χ0) is 23.3. The number of hydrogen-bond acceptors (Lipinski definition) is 5. The third kappa shape index (κ3) is 7.38. The van der Waals surface area contributed by atoms with Crippen LogP contribution in [0.25, 0.3) is 0 Å². The Balaban J connectivity index is 2.35. The monoisotopic (exact) mass is 466 g/mol. The highest BCUT2D eigenvalue weighted by Gasteiger charge is 2.40. The minimum absolute atomic E-state index is 0.0444. The number of carbonyl (C=O) groups excluding carboxylic acids is 1. The predicted molar refractivity (Wildman–Crippen MR) is 109 cm³/mol. The van der Waals surface area contributed by atoms with Gasteiger partial charge in [0.05, 0.1) is 11.1 Å². The third-order valence-electron chi connectivity index (χ3n) is 5.66. The summed E-state index contributed by atoms with van der Waals surface area (Å²) in [5.41, 5.74) is -1.96. The molecule has 1 aromatic carbocycles. The summed E-state index contributed by atoms with van der Waals surface area (Å²) in [6.45, 7) is 3.22. The molecule has 0 spiro atoms. The van der Waals surface area contributed by atoms with Crippen LogP contribution < -0.4 is 4.74 Å². The summed E-state index contributed by atoms with van der Waals surface area (Å²) in [5.74, 6) is -2.29. The van der Waals surface area contributed by atoms with Crippen molar-refractivity contribution in [2.45, 2.75) is 70.6 Å². The summed E-state index contributed by atoms with van der Waals surface area (Å²) in [6.07, 6.45) is 1.31. The van der Waals surface area contributed by atoms with Gasteiger partial charge < -0.3 is 9.47 Å². The van der Waals surface area contributed by atoms with E-state index in [1.54, 1.807) is 0 Å². The molecule has 1 N–H and O–H groups in total. The third-order valence-corrected chi connectivity index (χ3v) is 6.35. The summed E-state index contributed by atoms with van der Waals surface area (Å²) < 4.78 is 82.0. The first-order chi connectivity index (χ1) is 14.3. The summed E-state index contributed by atoms with van der Waals surface area (Å²) in [4.78, 5) is 12.2. The van der Waals surface area contributed by atoms with Crippen LogP contribution in [0.15, 0.2) is 18.2 Å². The SMILES string of the molecule is CC(C)C1(Oc2cc(C(=O)OCCS(=O)(=O)O)ccc2C(F)(F)F)CCCCCCC1. The first-order valence-corrected chi connectivity index (χ1v) is 12.0. The first-order valence-electron chi connectivity index (χ1n) is 10.4. The van der Waals surface area contributed by atoms with Crippen molar-refractivity contribution >= 4 is 16.1 Å². The Hall–Kier alpha value is -1.81. The molecule has 10 heteroatoms. The zero-order valence-electron chi connectivity index (χ0n) is 17.7. The fourth-order valence-electron chi connectivity index (χ4n) is 3.81. The van der Waals surface area contributed by atoms with E-state index >= 15 is 0 Å². The molecule has 0 aliphatic heterocycles. The topological polar surface area (TPSA) is 89.9 Å². The molecule has 0 atom stereocenters. The molecule has 1 saturated carbocycles. The number of alkyl halides is 3. The van der Waals surface area contributed by atoms with Crippen LogP contribution in [0.5, 0.6) is 5.75 Å². The van der Waals surface area contributed by atoms with Crippen molar-refractivity contribution < 1.29 is 40.4 Å². The molecule has 0 radical (unpaired) electrons. The van der Waals surface area contributed by atoms with Crippen molar-refractivity contribution in [3.8, 4) is 5.75 Å². The lowest BCUT2D eigenvalue weighted by molar-refractivity contribution is -0.140. The van der Waals surface area contributed by atoms with Crippen molar-refractivity contribution in [3.63, 3.8) is 0 Å². The van der Waals surface area contributed by atoms with Crippen LogP contribution in [-0.4, -0.2) is 36.9 Å². The van der Waals surface area contributed by atoms with Crippen molar-refractivity contribution in [1.29, 1.82) is 0 Å². The molecule has 1 aliphatic carbocycles. The molecule has 176 valence electrons. The average molecular weight is 467 g/mol. The van der Waals surface area contributed by atoms with Gasteiger partial charge in [-0.15, -0.1) is 0 Å². The van der Waals surface area contributed by atoms with Crippen molar-refractivity contribution in [2.75, 3.05) is 12.4 Å². The van der Waals surface area contributed by atoms with Crippen LogP contribution in [0.3, 0.4) is 0 Å². The van der Waals surface area contributed by atoms with E-state index in [2.05, 4.69) is 0 Å².